The minimum absolute atomic E-state index is 0.147. The second-order valence-electron chi connectivity index (χ2n) is 8.41. The summed E-state index contributed by atoms with van der Waals surface area (Å²) in [7, 11) is 0. The lowest BCUT2D eigenvalue weighted by Gasteiger charge is -2.22. The van der Waals surface area contributed by atoms with Gasteiger partial charge in [-0.05, 0) is 55.0 Å². The van der Waals surface area contributed by atoms with Crippen LogP contribution in [0.2, 0.25) is 0 Å². The molecule has 0 spiro atoms. The number of amides is 2. The molecule has 1 fully saturated rings. The lowest BCUT2D eigenvalue weighted by atomic mass is 10.0. The second-order valence-corrected chi connectivity index (χ2v) is 8.85. The number of β-amino-alcohol motifs (C(OH)–C–C–N with tert-alkyl or cyclic N) is 1. The van der Waals surface area contributed by atoms with E-state index < -0.39 is 17.6 Å². The van der Waals surface area contributed by atoms with Gasteiger partial charge in [0.05, 0.1) is 6.10 Å². The van der Waals surface area contributed by atoms with E-state index in [4.69, 9.17) is 11.6 Å². The molecule has 2 amide bonds. The third-order valence-electron chi connectivity index (χ3n) is 5.96. The molecule has 182 valence electrons. The van der Waals surface area contributed by atoms with Crippen molar-refractivity contribution in [2.75, 3.05) is 23.3 Å². The number of fused-ring (bicyclic) bond motifs is 1. The first-order valence-corrected chi connectivity index (χ1v) is 11.3. The van der Waals surface area contributed by atoms with E-state index >= 15 is 0 Å². The molecule has 3 heterocycles. The highest BCUT2D eigenvalue weighted by Gasteiger charge is 2.28. The Morgan fingerprint density at radius 1 is 1.20 bits per heavy atom. The fourth-order valence-corrected chi connectivity index (χ4v) is 4.41. The molecule has 0 saturated carbocycles. The molecule has 2 aliphatic heterocycles. The molecule has 0 unspecified atom stereocenters. The molecule has 2 aromatic carbocycles. The van der Waals surface area contributed by atoms with Crippen LogP contribution in [0, 0.1) is 0 Å². The Morgan fingerprint density at radius 2 is 1.97 bits per heavy atom. The van der Waals surface area contributed by atoms with Crippen LogP contribution in [0.3, 0.4) is 0 Å². The van der Waals surface area contributed by atoms with Gasteiger partial charge in [0, 0.05) is 65.0 Å². The quantitative estimate of drug-likeness (QED) is 0.382. The number of carbonyl (C=O) groups excluding carboxylic acids is 2. The van der Waals surface area contributed by atoms with Gasteiger partial charge in [-0.2, -0.15) is 0 Å². The van der Waals surface area contributed by atoms with Crippen molar-refractivity contribution in [3.8, 4) is 17.0 Å². The number of ether oxygens (including phenoxy) is 1. The molecule has 4 N–H and O–H groups in total. The highest BCUT2D eigenvalue weighted by molar-refractivity contribution is 6.20. The first-order valence-electron chi connectivity index (χ1n) is 10.9. The zero-order chi connectivity index (χ0) is 24.7. The normalized spacial score (nSPS) is 17.3. The topological polar surface area (TPSA) is 107 Å². The molecule has 35 heavy (non-hydrogen) atoms. The van der Waals surface area contributed by atoms with Crippen LogP contribution in [-0.2, 0) is 6.54 Å². The number of carbonyl (C=O) groups is 2. The molecule has 1 atom stereocenters. The van der Waals surface area contributed by atoms with Crippen LogP contribution < -0.4 is 20.3 Å². The van der Waals surface area contributed by atoms with Gasteiger partial charge in [-0.3, -0.25) is 9.59 Å². The van der Waals surface area contributed by atoms with Crippen molar-refractivity contribution in [1.82, 2.24) is 10.3 Å². The van der Waals surface area contributed by atoms with Crippen LogP contribution in [0.5, 0.6) is 5.75 Å². The minimum atomic E-state index is -3.83. The number of benzene rings is 2. The maximum atomic E-state index is 13.0. The van der Waals surface area contributed by atoms with Crippen LogP contribution in [0.25, 0.3) is 11.3 Å². The Hall–Kier alpha value is -3.63. The fourth-order valence-electron chi connectivity index (χ4n) is 4.32. The Morgan fingerprint density at radius 3 is 2.63 bits per heavy atom. The number of rotatable bonds is 6. The van der Waals surface area contributed by atoms with Gasteiger partial charge in [-0.25, -0.2) is 0 Å². The van der Waals surface area contributed by atoms with Gasteiger partial charge >= 0.3 is 5.57 Å². The number of aromatic amines is 1. The molecular weight excluding hydrogens is 482 g/mol. The first-order chi connectivity index (χ1) is 16.7. The Bertz CT molecular complexity index is 1290. The van der Waals surface area contributed by atoms with Crippen molar-refractivity contribution in [3.05, 3.63) is 65.4 Å². The van der Waals surface area contributed by atoms with Crippen LogP contribution in [0.4, 0.5) is 20.2 Å². The Balaban J connectivity index is 1.42. The van der Waals surface area contributed by atoms with Gasteiger partial charge in [0.15, 0.2) is 0 Å². The van der Waals surface area contributed by atoms with E-state index in [0.717, 1.165) is 16.8 Å². The van der Waals surface area contributed by atoms with Crippen molar-refractivity contribution < 1.29 is 28.2 Å². The summed E-state index contributed by atoms with van der Waals surface area (Å²) in [5.41, 5.74) is 0.499. The highest BCUT2D eigenvalue weighted by Crippen LogP contribution is 2.35. The van der Waals surface area contributed by atoms with Crippen molar-refractivity contribution in [3.63, 3.8) is 0 Å². The highest BCUT2D eigenvalue weighted by atomic mass is 35.5. The number of anilines is 2. The molecule has 8 nitrogen and oxygen atoms in total. The summed E-state index contributed by atoms with van der Waals surface area (Å²) in [4.78, 5) is 30.2. The predicted octanol–water partition coefficient (Wildman–Crippen LogP) is 3.92. The SMILES string of the molecule is O=C(Nc1ccc(OC(F)(F)Cl)cc1)c1ccc(N2CC[C@@H](O)C2)c(-c2cc3c([nH]2)C(=O)NC3)c1. The summed E-state index contributed by atoms with van der Waals surface area (Å²) in [5, 5.41) is 15.5. The van der Waals surface area contributed by atoms with E-state index in [1.54, 1.807) is 12.1 Å². The monoisotopic (exact) mass is 502 g/mol. The number of halogens is 3. The van der Waals surface area contributed by atoms with Gasteiger partial charge in [0.2, 0.25) is 0 Å². The lowest BCUT2D eigenvalue weighted by Crippen LogP contribution is -2.22. The summed E-state index contributed by atoms with van der Waals surface area (Å²) >= 11 is 4.77. The molecular formula is C24H21ClF2N4O4. The lowest BCUT2D eigenvalue weighted by molar-refractivity contribution is -0.0964. The number of hydrogen-bond donors (Lipinski definition) is 4. The van der Waals surface area contributed by atoms with Gasteiger partial charge in [-0.1, -0.05) is 0 Å². The molecule has 1 aromatic heterocycles. The van der Waals surface area contributed by atoms with Crippen LogP contribution in [-0.4, -0.2) is 46.7 Å². The third-order valence-corrected chi connectivity index (χ3v) is 6.04. The Kier molecular flexibility index (Phi) is 5.86. The number of aliphatic hydroxyl groups is 1. The number of hydrogen-bond acceptors (Lipinski definition) is 5. The standard InChI is InChI=1S/C24H21ClF2N4O4/c25-24(26,27)35-17-4-2-15(3-5-17)29-22(33)13-1-6-20(31-8-7-16(32)12-31)18(9-13)19-10-14-11-28-23(34)21(14)30-19/h1-6,9-10,16,30,32H,7-8,11-12H2,(H,28,34)(H,29,33)/t16-/m1/s1. The van der Waals surface area contributed by atoms with Gasteiger partial charge < -0.3 is 30.4 Å². The van der Waals surface area contributed by atoms with E-state index in [0.29, 0.717) is 48.7 Å². The number of alkyl halides is 3. The largest absolute Gasteiger partial charge is 0.487 e. The van der Waals surface area contributed by atoms with Crippen molar-refractivity contribution in [1.29, 1.82) is 0 Å². The van der Waals surface area contributed by atoms with E-state index in [2.05, 4.69) is 20.4 Å². The molecule has 3 aromatic rings. The van der Waals surface area contributed by atoms with Gasteiger partial charge in [0.25, 0.3) is 11.8 Å². The minimum Gasteiger partial charge on any atom is -0.420 e. The molecule has 0 bridgehead atoms. The zero-order valence-corrected chi connectivity index (χ0v) is 19.0. The number of aliphatic hydroxyl groups excluding tert-OH is 1. The number of nitrogens with zero attached hydrogens (tertiary/aromatic N) is 1. The van der Waals surface area contributed by atoms with Gasteiger partial charge in [-0.15, -0.1) is 8.78 Å². The molecule has 5 rings (SSSR count). The number of H-pyrrole nitrogens is 1. The van der Waals surface area contributed by atoms with Crippen LogP contribution in [0.15, 0.2) is 48.5 Å². The van der Waals surface area contributed by atoms with Crippen molar-refractivity contribution in [2.45, 2.75) is 24.6 Å². The van der Waals surface area contributed by atoms with E-state index in [-0.39, 0.29) is 11.7 Å². The molecule has 1 saturated heterocycles. The van der Waals surface area contributed by atoms with Crippen molar-refractivity contribution >= 4 is 34.8 Å². The first kappa shape index (κ1) is 23.1. The second kappa shape index (κ2) is 8.86. The van der Waals surface area contributed by atoms with E-state index in [9.17, 15) is 23.5 Å². The summed E-state index contributed by atoms with van der Waals surface area (Å²) in [6.07, 6.45) is 0.205. The average molecular weight is 503 g/mol. The molecule has 2 aliphatic rings. The zero-order valence-electron chi connectivity index (χ0n) is 18.3. The third kappa shape index (κ3) is 4.94. The summed E-state index contributed by atoms with van der Waals surface area (Å²) in [6, 6.07) is 12.5. The number of nitrogens with one attached hydrogen (secondary N) is 3. The molecule has 0 radical (unpaired) electrons. The number of aromatic nitrogens is 1. The molecule has 11 heteroatoms. The summed E-state index contributed by atoms with van der Waals surface area (Å²) in [6.45, 7) is 1.56. The summed E-state index contributed by atoms with van der Waals surface area (Å²) < 4.78 is 29.9. The maximum absolute atomic E-state index is 13.0. The van der Waals surface area contributed by atoms with Crippen molar-refractivity contribution in [2.24, 2.45) is 0 Å². The fraction of sp³-hybridized carbons (Fsp3) is 0.250. The summed E-state index contributed by atoms with van der Waals surface area (Å²) in [5.74, 6) is -0.739. The smallest absolute Gasteiger partial charge is 0.420 e. The predicted molar refractivity (Wildman–Crippen MR) is 126 cm³/mol. The van der Waals surface area contributed by atoms with Gasteiger partial charge in [0.1, 0.15) is 11.4 Å². The Labute approximate surface area is 203 Å². The molecule has 0 aliphatic carbocycles. The maximum Gasteiger partial charge on any atom is 0.487 e. The van der Waals surface area contributed by atoms with Crippen LogP contribution in [0.1, 0.15) is 32.8 Å². The van der Waals surface area contributed by atoms with E-state index in [1.165, 1.54) is 24.3 Å². The van der Waals surface area contributed by atoms with Crippen LogP contribution >= 0.6 is 11.6 Å². The average Bonchev–Trinajstić information content (AvgIpc) is 3.51. The van der Waals surface area contributed by atoms with E-state index in [1.807, 2.05) is 17.0 Å².